The highest BCUT2D eigenvalue weighted by atomic mass is 19.1. The van der Waals surface area contributed by atoms with E-state index in [2.05, 4.69) is 54.2 Å². The average Bonchev–Trinajstić information content (AvgIpc) is 3.49. The molecule has 0 saturated heterocycles. The van der Waals surface area contributed by atoms with Crippen LogP contribution in [-0.2, 0) is 20.9 Å². The van der Waals surface area contributed by atoms with E-state index < -0.39 is 17.2 Å². The van der Waals surface area contributed by atoms with E-state index in [1.807, 2.05) is 36.4 Å². The summed E-state index contributed by atoms with van der Waals surface area (Å²) in [4.78, 5) is 26.4. The molecule has 4 nitrogen and oxygen atoms in total. The van der Waals surface area contributed by atoms with Crippen molar-refractivity contribution in [2.45, 2.75) is 106 Å². The van der Waals surface area contributed by atoms with Crippen molar-refractivity contribution in [2.24, 2.45) is 56.7 Å². The molecule has 5 heteroatoms. The molecule has 4 fully saturated rings. The highest BCUT2D eigenvalue weighted by Crippen LogP contribution is 2.77. The fourth-order valence-corrected chi connectivity index (χ4v) is 13.4. The van der Waals surface area contributed by atoms with Crippen LogP contribution in [0.5, 0.6) is 0 Å². The lowest BCUT2D eigenvalue weighted by molar-refractivity contribution is -0.229. The van der Waals surface area contributed by atoms with Gasteiger partial charge >= 0.3 is 11.9 Å². The Morgan fingerprint density at radius 1 is 0.880 bits per heavy atom. The van der Waals surface area contributed by atoms with Gasteiger partial charge in [-0.05, 0) is 145 Å². The molecule has 0 unspecified atom stereocenters. The molecule has 0 amide bonds. The van der Waals surface area contributed by atoms with Crippen molar-refractivity contribution in [2.75, 3.05) is 7.11 Å². The molecule has 0 radical (unpaired) electrons. The van der Waals surface area contributed by atoms with Gasteiger partial charge in [-0.25, -0.2) is 9.18 Å². The molecule has 5 aliphatic rings. The van der Waals surface area contributed by atoms with E-state index in [9.17, 15) is 9.59 Å². The molecule has 4 saturated carbocycles. The van der Waals surface area contributed by atoms with Gasteiger partial charge in [0.15, 0.2) is 0 Å². The Morgan fingerprint density at radius 3 is 2.30 bits per heavy atom. The van der Waals surface area contributed by atoms with Crippen LogP contribution in [0.2, 0.25) is 0 Å². The molecule has 9 atom stereocenters. The first-order valence-electron chi connectivity index (χ1n) is 19.1. The van der Waals surface area contributed by atoms with Crippen LogP contribution in [0, 0.1) is 62.5 Å². The Balaban J connectivity index is 1.20. The van der Waals surface area contributed by atoms with E-state index in [1.165, 1.54) is 30.7 Å². The number of carbonyl (C=O) groups excluding carboxylic acids is 2. The lowest BCUT2D eigenvalue weighted by atomic mass is 9.32. The number of rotatable bonds is 6. The normalized spacial score (nSPS) is 38.4. The van der Waals surface area contributed by atoms with Crippen LogP contribution >= 0.6 is 0 Å². The predicted molar refractivity (Wildman–Crippen MR) is 196 cm³/mol. The minimum absolute atomic E-state index is 0.0165. The standard InChI is InChI=1S/C45H57FO4/c1-28(2)31-18-23-45(40(48)50-27-29-12-10-9-11-13-29)25-24-43(6)34(38(31)45)16-17-37-42(5)21-19-33(41(3,4)36(42)20-22-44(37,43)7)30-14-15-32(35(46)26-30)39(47)49-8/h9-15,19,26,31,34,36-38H,1,16-18,20-25,27H2,2-8H3/t31-,34+,36-,37+,38+,42-,43+,44+,45-/m0/s1. The lowest BCUT2D eigenvalue weighted by Gasteiger charge is -2.72. The van der Waals surface area contributed by atoms with Crippen LogP contribution in [-0.4, -0.2) is 19.0 Å². The number of fused-ring (bicyclic) bond motifs is 7. The van der Waals surface area contributed by atoms with Gasteiger partial charge in [0.2, 0.25) is 0 Å². The molecule has 0 aromatic heterocycles. The van der Waals surface area contributed by atoms with Crippen molar-refractivity contribution in [3.05, 3.63) is 89.3 Å². The van der Waals surface area contributed by atoms with Crippen LogP contribution in [0.25, 0.3) is 5.57 Å². The Labute approximate surface area is 299 Å². The van der Waals surface area contributed by atoms with Crippen LogP contribution in [0.3, 0.4) is 0 Å². The Kier molecular flexibility index (Phi) is 8.59. The Hall–Kier alpha value is -3.21. The number of ether oxygens (including phenoxy) is 2. The fraction of sp³-hybridized carbons (Fsp3) is 0.600. The van der Waals surface area contributed by atoms with Crippen LogP contribution in [0.4, 0.5) is 4.39 Å². The van der Waals surface area contributed by atoms with Gasteiger partial charge in [0, 0.05) is 0 Å². The molecular weight excluding hydrogens is 623 g/mol. The van der Waals surface area contributed by atoms with Crippen molar-refractivity contribution in [1.29, 1.82) is 0 Å². The van der Waals surface area contributed by atoms with E-state index in [4.69, 9.17) is 9.47 Å². The number of halogens is 1. The summed E-state index contributed by atoms with van der Waals surface area (Å²) in [5.74, 6) is 0.899. The van der Waals surface area contributed by atoms with Gasteiger partial charge in [0.1, 0.15) is 12.4 Å². The van der Waals surface area contributed by atoms with Crippen LogP contribution in [0.1, 0.15) is 121 Å². The van der Waals surface area contributed by atoms with E-state index in [0.717, 1.165) is 62.5 Å². The third-order valence-electron chi connectivity index (χ3n) is 15.9. The third-order valence-corrected chi connectivity index (χ3v) is 15.9. The zero-order chi connectivity index (χ0) is 35.9. The number of carbonyl (C=O) groups is 2. The second-order valence-electron chi connectivity index (χ2n) is 18.1. The van der Waals surface area contributed by atoms with Crippen molar-refractivity contribution >= 4 is 17.5 Å². The van der Waals surface area contributed by atoms with Gasteiger partial charge in [-0.2, -0.15) is 0 Å². The molecule has 7 rings (SSSR count). The molecule has 0 heterocycles. The molecule has 50 heavy (non-hydrogen) atoms. The van der Waals surface area contributed by atoms with Crippen molar-refractivity contribution in [3.8, 4) is 0 Å². The SMILES string of the molecule is C=C(C)[C@@H]1CC[C@]2(C(=O)OCc3ccccc3)CC[C@]3(C)[C@H](CC[C@@H]4[C@@]5(C)CC=C(c6ccc(C(=O)OC)c(F)c6)C(C)(C)[C@@H]5CC[C@]43C)[C@@H]12. The van der Waals surface area contributed by atoms with Crippen LogP contribution in [0.15, 0.2) is 66.8 Å². The fourth-order valence-electron chi connectivity index (χ4n) is 13.4. The molecule has 0 N–H and O–H groups in total. The maximum Gasteiger partial charge on any atom is 0.340 e. The smallest absolute Gasteiger partial charge is 0.340 e. The number of hydrogen-bond acceptors (Lipinski definition) is 4. The zero-order valence-electron chi connectivity index (χ0n) is 31.4. The number of benzene rings is 2. The summed E-state index contributed by atoms with van der Waals surface area (Å²) < 4.78 is 26.2. The molecule has 5 aliphatic carbocycles. The maximum atomic E-state index is 15.2. The van der Waals surface area contributed by atoms with Crippen molar-refractivity contribution in [3.63, 3.8) is 0 Å². The van der Waals surface area contributed by atoms with Gasteiger partial charge in [0.25, 0.3) is 0 Å². The monoisotopic (exact) mass is 680 g/mol. The Bertz CT molecular complexity index is 1730. The summed E-state index contributed by atoms with van der Waals surface area (Å²) in [6, 6.07) is 15.1. The first-order valence-corrected chi connectivity index (χ1v) is 19.1. The Morgan fingerprint density at radius 2 is 1.62 bits per heavy atom. The topological polar surface area (TPSA) is 52.6 Å². The first-order chi connectivity index (χ1) is 23.6. The summed E-state index contributed by atoms with van der Waals surface area (Å²) in [5.41, 5.74) is 4.04. The van der Waals surface area contributed by atoms with Gasteiger partial charge in [0.05, 0.1) is 18.1 Å². The minimum Gasteiger partial charge on any atom is -0.465 e. The van der Waals surface area contributed by atoms with E-state index in [-0.39, 0.29) is 39.1 Å². The van der Waals surface area contributed by atoms with E-state index in [1.54, 1.807) is 6.07 Å². The molecule has 2 aromatic carbocycles. The van der Waals surface area contributed by atoms with Gasteiger partial charge in [-0.15, -0.1) is 0 Å². The molecule has 0 aliphatic heterocycles. The molecule has 268 valence electrons. The summed E-state index contributed by atoms with van der Waals surface area (Å²) in [7, 11) is 1.28. The second-order valence-corrected chi connectivity index (χ2v) is 18.1. The average molecular weight is 681 g/mol. The maximum absolute atomic E-state index is 15.2. The minimum atomic E-state index is -0.648. The summed E-state index contributed by atoms with van der Waals surface area (Å²) in [6.45, 7) is 19.5. The summed E-state index contributed by atoms with van der Waals surface area (Å²) in [5, 5.41) is 0. The van der Waals surface area contributed by atoms with Gasteiger partial charge in [-0.3, -0.25) is 4.79 Å². The molecule has 0 bridgehead atoms. The first kappa shape index (κ1) is 35.2. The number of methoxy groups -OCH3 is 1. The van der Waals surface area contributed by atoms with Gasteiger partial charge < -0.3 is 9.47 Å². The molecular formula is C45H57FO4. The third kappa shape index (κ3) is 4.94. The quantitative estimate of drug-likeness (QED) is 0.225. The van der Waals surface area contributed by atoms with E-state index >= 15 is 4.39 Å². The lowest BCUT2D eigenvalue weighted by Crippen LogP contribution is -2.66. The van der Waals surface area contributed by atoms with Crippen molar-refractivity contribution < 1.29 is 23.5 Å². The highest BCUT2D eigenvalue weighted by Gasteiger charge is 2.71. The number of hydrogen-bond donors (Lipinski definition) is 0. The zero-order valence-corrected chi connectivity index (χ0v) is 31.4. The molecule has 2 aromatic rings. The van der Waals surface area contributed by atoms with Crippen LogP contribution < -0.4 is 0 Å². The largest absolute Gasteiger partial charge is 0.465 e. The van der Waals surface area contributed by atoms with E-state index in [0.29, 0.717) is 30.3 Å². The number of allylic oxidation sites excluding steroid dienone is 3. The second kappa shape index (κ2) is 12.2. The molecule has 0 spiro atoms. The highest BCUT2D eigenvalue weighted by molar-refractivity contribution is 5.90. The summed E-state index contributed by atoms with van der Waals surface area (Å²) >= 11 is 0. The number of esters is 2. The summed E-state index contributed by atoms with van der Waals surface area (Å²) in [6.07, 6.45) is 11.8. The van der Waals surface area contributed by atoms with Crippen molar-refractivity contribution in [1.82, 2.24) is 0 Å². The van der Waals surface area contributed by atoms with Gasteiger partial charge in [-0.1, -0.05) is 89.2 Å². The predicted octanol–water partition coefficient (Wildman–Crippen LogP) is 11.0.